The lowest BCUT2D eigenvalue weighted by Gasteiger charge is -2.33. The molecule has 0 spiro atoms. The third kappa shape index (κ3) is 3.40. The van der Waals surface area contributed by atoms with E-state index in [1.807, 2.05) is 18.7 Å². The average molecular weight is 228 g/mol. The zero-order valence-corrected chi connectivity index (χ0v) is 10.2. The maximum Gasteiger partial charge on any atom is 0.407 e. The molecule has 0 bridgehead atoms. The second-order valence-electron chi connectivity index (χ2n) is 4.41. The molecule has 0 aromatic rings. The molecule has 1 unspecified atom stereocenters. The monoisotopic (exact) mass is 228 g/mol. The Morgan fingerprint density at radius 1 is 1.44 bits per heavy atom. The van der Waals surface area contributed by atoms with E-state index in [1.165, 1.54) is 7.11 Å². The number of nitrogens with one attached hydrogen (secondary N) is 1. The SMILES string of the molecule is COC(=O)NC1CCCN(C(=O)C(C)C)C1. The van der Waals surface area contributed by atoms with Crippen molar-refractivity contribution in [1.82, 2.24) is 10.2 Å². The van der Waals surface area contributed by atoms with Crippen molar-refractivity contribution < 1.29 is 14.3 Å². The van der Waals surface area contributed by atoms with Crippen LogP contribution in [0.25, 0.3) is 0 Å². The molecule has 1 aliphatic heterocycles. The van der Waals surface area contributed by atoms with Crippen LogP contribution in [0.5, 0.6) is 0 Å². The van der Waals surface area contributed by atoms with Crippen molar-refractivity contribution >= 4 is 12.0 Å². The molecule has 5 nitrogen and oxygen atoms in total. The van der Waals surface area contributed by atoms with Crippen LogP contribution in [-0.2, 0) is 9.53 Å². The highest BCUT2D eigenvalue weighted by Crippen LogP contribution is 2.13. The lowest BCUT2D eigenvalue weighted by molar-refractivity contribution is -0.135. The number of carbonyl (C=O) groups is 2. The normalized spacial score (nSPS) is 20.8. The zero-order chi connectivity index (χ0) is 12.1. The van der Waals surface area contributed by atoms with Crippen molar-refractivity contribution in [1.29, 1.82) is 0 Å². The summed E-state index contributed by atoms with van der Waals surface area (Å²) in [6.45, 7) is 5.15. The summed E-state index contributed by atoms with van der Waals surface area (Å²) in [5, 5.41) is 2.74. The number of piperidine rings is 1. The maximum atomic E-state index is 11.8. The molecule has 16 heavy (non-hydrogen) atoms. The number of amides is 2. The summed E-state index contributed by atoms with van der Waals surface area (Å²) in [4.78, 5) is 24.6. The Kier molecular flexibility index (Phi) is 4.58. The fraction of sp³-hybridized carbons (Fsp3) is 0.818. The van der Waals surface area contributed by atoms with Gasteiger partial charge in [-0.1, -0.05) is 13.8 Å². The minimum Gasteiger partial charge on any atom is -0.453 e. The van der Waals surface area contributed by atoms with Gasteiger partial charge in [0.15, 0.2) is 0 Å². The van der Waals surface area contributed by atoms with Gasteiger partial charge < -0.3 is 15.0 Å². The van der Waals surface area contributed by atoms with Crippen molar-refractivity contribution in [2.45, 2.75) is 32.7 Å². The summed E-state index contributed by atoms with van der Waals surface area (Å²) in [5.74, 6) is 0.160. The molecule has 1 fully saturated rings. The Bertz CT molecular complexity index is 266. The van der Waals surface area contributed by atoms with Gasteiger partial charge in [-0.25, -0.2) is 4.79 Å². The predicted molar refractivity (Wildman–Crippen MR) is 60.0 cm³/mol. The summed E-state index contributed by atoms with van der Waals surface area (Å²) in [6, 6.07) is 0.0175. The Hall–Kier alpha value is -1.26. The van der Waals surface area contributed by atoms with Crippen molar-refractivity contribution in [3.8, 4) is 0 Å². The Morgan fingerprint density at radius 2 is 2.12 bits per heavy atom. The van der Waals surface area contributed by atoms with Crippen molar-refractivity contribution in [2.24, 2.45) is 5.92 Å². The third-order valence-electron chi connectivity index (χ3n) is 2.73. The molecule has 1 rings (SSSR count). The lowest BCUT2D eigenvalue weighted by atomic mass is 10.0. The van der Waals surface area contributed by atoms with Gasteiger partial charge in [-0.05, 0) is 12.8 Å². The number of hydrogen-bond acceptors (Lipinski definition) is 3. The van der Waals surface area contributed by atoms with Gasteiger partial charge in [0, 0.05) is 25.0 Å². The predicted octanol–water partition coefficient (Wildman–Crippen LogP) is 0.989. The molecule has 0 aromatic carbocycles. The van der Waals surface area contributed by atoms with Crippen LogP contribution in [0.4, 0.5) is 4.79 Å². The number of alkyl carbamates (subject to hydrolysis) is 1. The molecule has 1 saturated heterocycles. The summed E-state index contributed by atoms with van der Waals surface area (Å²) in [7, 11) is 1.34. The van der Waals surface area contributed by atoms with Crippen LogP contribution in [0.2, 0.25) is 0 Å². The Morgan fingerprint density at radius 3 is 2.69 bits per heavy atom. The number of hydrogen-bond donors (Lipinski definition) is 1. The van der Waals surface area contributed by atoms with E-state index in [-0.39, 0.29) is 17.9 Å². The summed E-state index contributed by atoms with van der Waals surface area (Å²) >= 11 is 0. The van der Waals surface area contributed by atoms with Gasteiger partial charge in [-0.3, -0.25) is 4.79 Å². The first-order valence-electron chi connectivity index (χ1n) is 5.68. The summed E-state index contributed by atoms with van der Waals surface area (Å²) < 4.78 is 4.54. The second kappa shape index (κ2) is 5.72. The second-order valence-corrected chi connectivity index (χ2v) is 4.41. The average Bonchev–Trinajstić information content (AvgIpc) is 2.28. The molecule has 2 amide bonds. The third-order valence-corrected chi connectivity index (χ3v) is 2.73. The van der Waals surface area contributed by atoms with Gasteiger partial charge in [-0.2, -0.15) is 0 Å². The minimum absolute atomic E-state index is 0.0110. The van der Waals surface area contributed by atoms with E-state index in [2.05, 4.69) is 10.1 Å². The smallest absolute Gasteiger partial charge is 0.407 e. The Labute approximate surface area is 96.1 Å². The van der Waals surface area contributed by atoms with Crippen LogP contribution < -0.4 is 5.32 Å². The van der Waals surface area contributed by atoms with E-state index in [9.17, 15) is 9.59 Å². The quantitative estimate of drug-likeness (QED) is 0.766. The van der Waals surface area contributed by atoms with Crippen molar-refractivity contribution in [3.05, 3.63) is 0 Å². The molecule has 0 radical (unpaired) electrons. The molecular formula is C11H20N2O3. The number of likely N-dealkylation sites (tertiary alicyclic amines) is 1. The van der Waals surface area contributed by atoms with E-state index < -0.39 is 6.09 Å². The molecule has 5 heteroatoms. The van der Waals surface area contributed by atoms with Crippen molar-refractivity contribution in [3.63, 3.8) is 0 Å². The van der Waals surface area contributed by atoms with Crippen LogP contribution in [0.3, 0.4) is 0 Å². The highest BCUT2D eigenvalue weighted by atomic mass is 16.5. The first-order valence-corrected chi connectivity index (χ1v) is 5.68. The number of nitrogens with zero attached hydrogens (tertiary/aromatic N) is 1. The van der Waals surface area contributed by atoms with Crippen LogP contribution in [0, 0.1) is 5.92 Å². The van der Waals surface area contributed by atoms with Crippen LogP contribution in [0.1, 0.15) is 26.7 Å². The Balaban J connectivity index is 2.47. The van der Waals surface area contributed by atoms with Gasteiger partial charge >= 0.3 is 6.09 Å². The fourth-order valence-corrected chi connectivity index (χ4v) is 1.89. The van der Waals surface area contributed by atoms with Crippen LogP contribution >= 0.6 is 0 Å². The van der Waals surface area contributed by atoms with Gasteiger partial charge in [-0.15, -0.1) is 0 Å². The number of rotatable bonds is 2. The van der Waals surface area contributed by atoms with Crippen LogP contribution in [0.15, 0.2) is 0 Å². The molecule has 1 atom stereocenters. The van der Waals surface area contributed by atoms with E-state index in [0.29, 0.717) is 6.54 Å². The largest absolute Gasteiger partial charge is 0.453 e. The standard InChI is InChI=1S/C11H20N2O3/c1-8(2)10(14)13-6-4-5-9(7-13)12-11(15)16-3/h8-9H,4-7H2,1-3H3,(H,12,15). The molecule has 0 aliphatic carbocycles. The van der Waals surface area contributed by atoms with Crippen LogP contribution in [-0.4, -0.2) is 43.1 Å². The first-order chi connectivity index (χ1) is 7.54. The van der Waals surface area contributed by atoms with E-state index >= 15 is 0 Å². The van der Waals surface area contributed by atoms with Gasteiger partial charge in [0.05, 0.1) is 7.11 Å². The molecule has 1 aliphatic rings. The minimum atomic E-state index is -0.427. The maximum absolute atomic E-state index is 11.8. The van der Waals surface area contributed by atoms with Gasteiger partial charge in [0.1, 0.15) is 0 Å². The van der Waals surface area contributed by atoms with E-state index in [0.717, 1.165) is 19.4 Å². The van der Waals surface area contributed by atoms with E-state index in [1.54, 1.807) is 0 Å². The summed E-state index contributed by atoms with van der Waals surface area (Å²) in [5.41, 5.74) is 0. The highest BCUT2D eigenvalue weighted by molar-refractivity contribution is 5.78. The highest BCUT2D eigenvalue weighted by Gasteiger charge is 2.25. The van der Waals surface area contributed by atoms with Crippen molar-refractivity contribution in [2.75, 3.05) is 20.2 Å². The molecule has 0 aromatic heterocycles. The molecule has 1 N–H and O–H groups in total. The topological polar surface area (TPSA) is 58.6 Å². The number of ether oxygens (including phenoxy) is 1. The molecule has 0 saturated carbocycles. The molecular weight excluding hydrogens is 208 g/mol. The van der Waals surface area contributed by atoms with E-state index in [4.69, 9.17) is 0 Å². The molecule has 92 valence electrons. The van der Waals surface area contributed by atoms with Gasteiger partial charge in [0.2, 0.25) is 5.91 Å². The lowest BCUT2D eigenvalue weighted by Crippen LogP contribution is -2.50. The van der Waals surface area contributed by atoms with Gasteiger partial charge in [0.25, 0.3) is 0 Å². The first kappa shape index (κ1) is 12.8. The number of carbonyl (C=O) groups excluding carboxylic acids is 2. The summed E-state index contributed by atoms with van der Waals surface area (Å²) in [6.07, 6.45) is 1.40. The zero-order valence-electron chi connectivity index (χ0n) is 10.2. The fourth-order valence-electron chi connectivity index (χ4n) is 1.89. The molecule has 1 heterocycles. The number of methoxy groups -OCH3 is 1.